The van der Waals surface area contributed by atoms with Gasteiger partial charge in [0.15, 0.2) is 0 Å². The first-order valence-corrected chi connectivity index (χ1v) is 5.29. The number of benzene rings is 1. The van der Waals surface area contributed by atoms with Gasteiger partial charge in [-0.3, -0.25) is 9.78 Å². The summed E-state index contributed by atoms with van der Waals surface area (Å²) in [5, 5.41) is 12.0. The van der Waals surface area contributed by atoms with Crippen LogP contribution in [0.2, 0.25) is 0 Å². The number of aromatic hydroxyl groups is 1. The van der Waals surface area contributed by atoms with Gasteiger partial charge in [0.2, 0.25) is 0 Å². The number of carbonyl (C=O) groups excluding carboxylic acids is 1. The van der Waals surface area contributed by atoms with E-state index in [1.807, 2.05) is 6.92 Å². The number of nitrogens with zero attached hydrogens (tertiary/aromatic N) is 1. The fourth-order valence-electron chi connectivity index (χ4n) is 1.43. The zero-order valence-corrected chi connectivity index (χ0v) is 9.64. The fourth-order valence-corrected chi connectivity index (χ4v) is 1.43. The Kier molecular flexibility index (Phi) is 3.23. The third kappa shape index (κ3) is 2.63. The van der Waals surface area contributed by atoms with Crippen LogP contribution in [-0.2, 0) is 0 Å². The minimum Gasteiger partial charge on any atom is -0.507 e. The Bertz CT molecular complexity index is 582. The second kappa shape index (κ2) is 4.83. The summed E-state index contributed by atoms with van der Waals surface area (Å²) >= 11 is 0. The second-order valence-corrected chi connectivity index (χ2v) is 3.80. The first-order valence-electron chi connectivity index (χ1n) is 5.29. The summed E-state index contributed by atoms with van der Waals surface area (Å²) < 4.78 is 13.0. The number of carbonyl (C=O) groups is 1. The molecule has 0 saturated carbocycles. The predicted octanol–water partition coefficient (Wildman–Crippen LogP) is 2.49. The van der Waals surface area contributed by atoms with E-state index in [0.717, 1.165) is 23.9 Å². The molecule has 1 aromatic heterocycles. The molecule has 2 N–H and O–H groups in total. The Balaban J connectivity index is 2.21. The number of hydrogen-bond acceptors (Lipinski definition) is 3. The van der Waals surface area contributed by atoms with Gasteiger partial charge in [0.05, 0.1) is 17.4 Å². The number of amides is 1. The van der Waals surface area contributed by atoms with Crippen LogP contribution in [0.4, 0.5) is 10.1 Å². The number of aryl methyl sites for hydroxylation is 1. The summed E-state index contributed by atoms with van der Waals surface area (Å²) in [5.41, 5.74) is 1.19. The SMILES string of the molecule is Cc1ccc(NC(=O)c2cc(F)ccc2O)cn1. The van der Waals surface area contributed by atoms with Crippen LogP contribution in [0.1, 0.15) is 16.1 Å². The zero-order valence-electron chi connectivity index (χ0n) is 9.64. The maximum Gasteiger partial charge on any atom is 0.259 e. The van der Waals surface area contributed by atoms with Gasteiger partial charge in [-0.2, -0.15) is 0 Å². The van der Waals surface area contributed by atoms with Crippen LogP contribution in [0.25, 0.3) is 0 Å². The maximum atomic E-state index is 13.0. The Morgan fingerprint density at radius 2 is 2.11 bits per heavy atom. The van der Waals surface area contributed by atoms with Crippen molar-refractivity contribution in [3.8, 4) is 5.75 Å². The average Bonchev–Trinajstić information content (AvgIpc) is 2.35. The van der Waals surface area contributed by atoms with E-state index < -0.39 is 11.7 Å². The van der Waals surface area contributed by atoms with E-state index in [2.05, 4.69) is 10.3 Å². The van der Waals surface area contributed by atoms with Crippen molar-refractivity contribution >= 4 is 11.6 Å². The molecule has 5 heteroatoms. The van der Waals surface area contributed by atoms with Gasteiger partial charge in [0, 0.05) is 5.69 Å². The highest BCUT2D eigenvalue weighted by molar-refractivity contribution is 6.06. The summed E-state index contributed by atoms with van der Waals surface area (Å²) in [5.74, 6) is -1.44. The number of halogens is 1. The Morgan fingerprint density at radius 3 is 2.78 bits per heavy atom. The van der Waals surface area contributed by atoms with Gasteiger partial charge in [0.25, 0.3) is 5.91 Å². The lowest BCUT2D eigenvalue weighted by Gasteiger charge is -2.06. The standard InChI is InChI=1S/C13H11FN2O2/c1-8-2-4-10(7-15-8)16-13(18)11-6-9(14)3-5-12(11)17/h2-7,17H,1H3,(H,16,18). The first kappa shape index (κ1) is 12.0. The van der Waals surface area contributed by atoms with E-state index in [0.29, 0.717) is 5.69 Å². The quantitative estimate of drug-likeness (QED) is 0.855. The molecule has 0 bridgehead atoms. The minimum absolute atomic E-state index is 0.115. The van der Waals surface area contributed by atoms with Crippen molar-refractivity contribution in [2.45, 2.75) is 6.92 Å². The first-order chi connectivity index (χ1) is 8.56. The third-order valence-corrected chi connectivity index (χ3v) is 2.37. The maximum absolute atomic E-state index is 13.0. The molecule has 0 aliphatic rings. The van der Waals surface area contributed by atoms with Crippen LogP contribution >= 0.6 is 0 Å². The monoisotopic (exact) mass is 246 g/mol. The van der Waals surface area contributed by atoms with E-state index in [9.17, 15) is 14.3 Å². The van der Waals surface area contributed by atoms with Crippen molar-refractivity contribution in [3.05, 3.63) is 53.6 Å². The molecule has 2 aromatic rings. The molecular weight excluding hydrogens is 235 g/mol. The number of phenolic OH excluding ortho intramolecular Hbond substituents is 1. The fraction of sp³-hybridized carbons (Fsp3) is 0.0769. The van der Waals surface area contributed by atoms with Crippen LogP contribution in [0.5, 0.6) is 5.75 Å². The largest absolute Gasteiger partial charge is 0.507 e. The molecule has 4 nitrogen and oxygen atoms in total. The number of rotatable bonds is 2. The van der Waals surface area contributed by atoms with Gasteiger partial charge in [-0.1, -0.05) is 0 Å². The van der Waals surface area contributed by atoms with E-state index in [1.54, 1.807) is 12.1 Å². The molecule has 0 saturated heterocycles. The average molecular weight is 246 g/mol. The zero-order chi connectivity index (χ0) is 13.1. The molecule has 1 heterocycles. The highest BCUT2D eigenvalue weighted by Crippen LogP contribution is 2.19. The van der Waals surface area contributed by atoms with Crippen molar-refractivity contribution < 1.29 is 14.3 Å². The van der Waals surface area contributed by atoms with Crippen LogP contribution in [-0.4, -0.2) is 16.0 Å². The van der Waals surface area contributed by atoms with Crippen molar-refractivity contribution in [2.24, 2.45) is 0 Å². The van der Waals surface area contributed by atoms with E-state index in [4.69, 9.17) is 0 Å². The van der Waals surface area contributed by atoms with Gasteiger partial charge in [0.1, 0.15) is 11.6 Å². The molecule has 1 amide bonds. The molecule has 0 atom stereocenters. The Morgan fingerprint density at radius 1 is 1.33 bits per heavy atom. The van der Waals surface area contributed by atoms with Crippen LogP contribution < -0.4 is 5.32 Å². The van der Waals surface area contributed by atoms with Crippen molar-refractivity contribution in [3.63, 3.8) is 0 Å². The van der Waals surface area contributed by atoms with Crippen LogP contribution in [0.15, 0.2) is 36.5 Å². The summed E-state index contributed by atoms with van der Waals surface area (Å²) in [6.07, 6.45) is 1.49. The number of hydrogen-bond donors (Lipinski definition) is 2. The molecule has 0 unspecified atom stereocenters. The number of nitrogens with one attached hydrogen (secondary N) is 1. The van der Waals surface area contributed by atoms with Gasteiger partial charge >= 0.3 is 0 Å². The van der Waals surface area contributed by atoms with Crippen molar-refractivity contribution in [2.75, 3.05) is 5.32 Å². The van der Waals surface area contributed by atoms with E-state index in [1.165, 1.54) is 6.20 Å². The van der Waals surface area contributed by atoms with Crippen molar-refractivity contribution in [1.82, 2.24) is 4.98 Å². The second-order valence-electron chi connectivity index (χ2n) is 3.80. The Hall–Kier alpha value is -2.43. The molecule has 92 valence electrons. The number of anilines is 1. The van der Waals surface area contributed by atoms with Gasteiger partial charge in [-0.25, -0.2) is 4.39 Å². The third-order valence-electron chi connectivity index (χ3n) is 2.37. The number of aromatic nitrogens is 1. The van der Waals surface area contributed by atoms with Crippen LogP contribution in [0, 0.1) is 12.7 Å². The van der Waals surface area contributed by atoms with Crippen LogP contribution in [0.3, 0.4) is 0 Å². The predicted molar refractivity (Wildman–Crippen MR) is 65.0 cm³/mol. The lowest BCUT2D eigenvalue weighted by atomic mass is 10.2. The molecule has 0 aliphatic carbocycles. The van der Waals surface area contributed by atoms with E-state index in [-0.39, 0.29) is 11.3 Å². The van der Waals surface area contributed by atoms with Gasteiger partial charge < -0.3 is 10.4 Å². The summed E-state index contributed by atoms with van der Waals surface area (Å²) in [7, 11) is 0. The highest BCUT2D eigenvalue weighted by Gasteiger charge is 2.12. The Labute approximate surface area is 103 Å². The molecule has 2 rings (SSSR count). The molecule has 0 aliphatic heterocycles. The normalized spacial score (nSPS) is 10.1. The molecule has 0 fully saturated rings. The smallest absolute Gasteiger partial charge is 0.259 e. The molecule has 0 radical (unpaired) electrons. The summed E-state index contributed by atoms with van der Waals surface area (Å²) in [6.45, 7) is 1.82. The van der Waals surface area contributed by atoms with Crippen molar-refractivity contribution in [1.29, 1.82) is 0 Å². The lowest BCUT2D eigenvalue weighted by Crippen LogP contribution is -2.12. The minimum atomic E-state index is -0.586. The van der Waals surface area contributed by atoms with E-state index >= 15 is 0 Å². The summed E-state index contributed by atoms with van der Waals surface area (Å²) in [6, 6.07) is 6.61. The van der Waals surface area contributed by atoms with Gasteiger partial charge in [-0.05, 0) is 37.3 Å². The summed E-state index contributed by atoms with van der Waals surface area (Å²) in [4.78, 5) is 15.8. The van der Waals surface area contributed by atoms with Gasteiger partial charge in [-0.15, -0.1) is 0 Å². The lowest BCUT2D eigenvalue weighted by molar-refractivity contribution is 0.102. The number of phenols is 1. The number of pyridine rings is 1. The topological polar surface area (TPSA) is 62.2 Å². The molecule has 18 heavy (non-hydrogen) atoms. The molecule has 1 aromatic carbocycles. The highest BCUT2D eigenvalue weighted by atomic mass is 19.1. The molecular formula is C13H11FN2O2. The molecule has 0 spiro atoms.